The highest BCUT2D eigenvalue weighted by Crippen LogP contribution is 2.32. The molecule has 1 atom stereocenters. The smallest absolute Gasteiger partial charge is 0.410 e. The minimum absolute atomic E-state index is 0.00532. The van der Waals surface area contributed by atoms with Gasteiger partial charge in [0.1, 0.15) is 6.61 Å². The van der Waals surface area contributed by atoms with Gasteiger partial charge in [-0.2, -0.15) is 0 Å². The predicted octanol–water partition coefficient (Wildman–Crippen LogP) is 1.01. The number of ether oxygens (including phenoxy) is 3. The van der Waals surface area contributed by atoms with Crippen molar-refractivity contribution < 1.29 is 23.8 Å². The SMILES string of the molecule is O=C(CCc1ccc2c(c1)OCO2)N1CCN2C(=O)OCC2C1. The van der Waals surface area contributed by atoms with Crippen LogP contribution in [-0.2, 0) is 16.0 Å². The van der Waals surface area contributed by atoms with Crippen molar-refractivity contribution in [3.8, 4) is 11.5 Å². The normalized spacial score (nSPS) is 22.1. The summed E-state index contributed by atoms with van der Waals surface area (Å²) in [4.78, 5) is 27.4. The minimum atomic E-state index is -0.262. The van der Waals surface area contributed by atoms with Crippen molar-refractivity contribution in [1.29, 1.82) is 0 Å². The first-order chi connectivity index (χ1) is 11.2. The van der Waals surface area contributed by atoms with Gasteiger partial charge in [0.05, 0.1) is 6.04 Å². The summed E-state index contributed by atoms with van der Waals surface area (Å²) in [5.74, 6) is 1.61. The van der Waals surface area contributed by atoms with Crippen LogP contribution in [0.1, 0.15) is 12.0 Å². The van der Waals surface area contributed by atoms with Gasteiger partial charge in [-0.1, -0.05) is 6.07 Å². The third kappa shape index (κ3) is 2.67. The first kappa shape index (κ1) is 14.2. The lowest BCUT2D eigenvalue weighted by molar-refractivity contribution is -0.133. The van der Waals surface area contributed by atoms with E-state index in [1.54, 1.807) is 4.90 Å². The Morgan fingerprint density at radius 2 is 2.04 bits per heavy atom. The van der Waals surface area contributed by atoms with E-state index in [1.165, 1.54) is 0 Å². The number of rotatable bonds is 3. The van der Waals surface area contributed by atoms with Crippen molar-refractivity contribution in [2.75, 3.05) is 33.0 Å². The summed E-state index contributed by atoms with van der Waals surface area (Å²) >= 11 is 0. The molecular formula is C16H18N2O5. The lowest BCUT2D eigenvalue weighted by Gasteiger charge is -2.35. The highest BCUT2D eigenvalue weighted by molar-refractivity contribution is 5.77. The Hall–Kier alpha value is -2.44. The van der Waals surface area contributed by atoms with Gasteiger partial charge in [0.15, 0.2) is 11.5 Å². The maximum atomic E-state index is 12.4. The number of fused-ring (bicyclic) bond motifs is 2. The number of hydrogen-bond donors (Lipinski definition) is 0. The van der Waals surface area contributed by atoms with Crippen molar-refractivity contribution >= 4 is 12.0 Å². The number of aryl methyl sites for hydroxylation is 1. The summed E-state index contributed by atoms with van der Waals surface area (Å²) in [6.07, 6.45) is 0.846. The fraction of sp³-hybridized carbons (Fsp3) is 0.500. The van der Waals surface area contributed by atoms with Crippen molar-refractivity contribution in [2.45, 2.75) is 18.9 Å². The van der Waals surface area contributed by atoms with Crippen molar-refractivity contribution in [3.05, 3.63) is 23.8 Å². The second kappa shape index (κ2) is 5.64. The molecule has 23 heavy (non-hydrogen) atoms. The fourth-order valence-corrected chi connectivity index (χ4v) is 3.22. The van der Waals surface area contributed by atoms with E-state index >= 15 is 0 Å². The summed E-state index contributed by atoms with van der Waals surface area (Å²) in [6.45, 7) is 2.32. The maximum Gasteiger partial charge on any atom is 0.410 e. The van der Waals surface area contributed by atoms with Gasteiger partial charge in [0, 0.05) is 26.1 Å². The molecule has 1 unspecified atom stereocenters. The van der Waals surface area contributed by atoms with Crippen molar-refractivity contribution in [3.63, 3.8) is 0 Å². The van der Waals surface area contributed by atoms with E-state index in [0.717, 1.165) is 17.1 Å². The minimum Gasteiger partial charge on any atom is -0.454 e. The standard InChI is InChI=1S/C16H18N2O5/c19-15(17-5-6-18-12(8-17)9-21-16(18)20)4-2-11-1-3-13-14(7-11)23-10-22-13/h1,3,7,12H,2,4-6,8-10H2. The van der Waals surface area contributed by atoms with Gasteiger partial charge in [-0.3, -0.25) is 9.69 Å². The van der Waals surface area contributed by atoms with E-state index in [1.807, 2.05) is 23.1 Å². The van der Waals surface area contributed by atoms with Gasteiger partial charge >= 0.3 is 6.09 Å². The number of amides is 2. The molecule has 0 aromatic heterocycles. The van der Waals surface area contributed by atoms with Crippen LogP contribution in [0.2, 0.25) is 0 Å². The first-order valence-electron chi connectivity index (χ1n) is 7.80. The molecule has 0 aliphatic carbocycles. The molecule has 3 aliphatic rings. The molecule has 0 N–H and O–H groups in total. The predicted molar refractivity (Wildman–Crippen MR) is 79.3 cm³/mol. The van der Waals surface area contributed by atoms with Crippen LogP contribution in [0.25, 0.3) is 0 Å². The van der Waals surface area contributed by atoms with Crippen molar-refractivity contribution in [1.82, 2.24) is 9.80 Å². The Balaban J connectivity index is 1.33. The molecule has 1 aromatic rings. The Bertz CT molecular complexity index is 647. The second-order valence-electron chi connectivity index (χ2n) is 5.95. The molecule has 0 bridgehead atoms. The molecule has 2 amide bonds. The quantitative estimate of drug-likeness (QED) is 0.832. The largest absolute Gasteiger partial charge is 0.454 e. The lowest BCUT2D eigenvalue weighted by Crippen LogP contribution is -2.53. The molecule has 3 heterocycles. The van der Waals surface area contributed by atoms with Crippen molar-refractivity contribution in [2.24, 2.45) is 0 Å². The fourth-order valence-electron chi connectivity index (χ4n) is 3.22. The Kier molecular flexibility index (Phi) is 3.48. The molecule has 7 heteroatoms. The third-order valence-corrected chi connectivity index (χ3v) is 4.53. The maximum absolute atomic E-state index is 12.4. The number of piperazine rings is 1. The molecule has 0 saturated carbocycles. The van der Waals surface area contributed by atoms with E-state index in [0.29, 0.717) is 39.1 Å². The number of nitrogens with zero attached hydrogens (tertiary/aromatic N) is 2. The van der Waals surface area contributed by atoms with Crippen LogP contribution in [0.3, 0.4) is 0 Å². The summed E-state index contributed by atoms with van der Waals surface area (Å²) in [6, 6.07) is 5.77. The van der Waals surface area contributed by atoms with Gasteiger partial charge in [0.2, 0.25) is 12.7 Å². The molecule has 3 aliphatic heterocycles. The van der Waals surface area contributed by atoms with E-state index in [4.69, 9.17) is 14.2 Å². The summed E-state index contributed by atoms with van der Waals surface area (Å²) < 4.78 is 15.7. The average Bonchev–Trinajstić information content (AvgIpc) is 3.18. The Morgan fingerprint density at radius 1 is 1.17 bits per heavy atom. The van der Waals surface area contributed by atoms with E-state index in [2.05, 4.69) is 0 Å². The highest BCUT2D eigenvalue weighted by atomic mass is 16.7. The lowest BCUT2D eigenvalue weighted by atomic mass is 10.1. The molecule has 0 spiro atoms. The molecule has 1 aromatic carbocycles. The second-order valence-corrected chi connectivity index (χ2v) is 5.95. The molecule has 2 saturated heterocycles. The molecule has 0 radical (unpaired) electrons. The number of carbonyl (C=O) groups is 2. The number of cyclic esters (lactones) is 1. The highest BCUT2D eigenvalue weighted by Gasteiger charge is 2.38. The van der Waals surface area contributed by atoms with Gasteiger partial charge in [-0.25, -0.2) is 4.79 Å². The molecule has 122 valence electrons. The van der Waals surface area contributed by atoms with Gasteiger partial charge in [-0.15, -0.1) is 0 Å². The molecule has 7 nitrogen and oxygen atoms in total. The van der Waals surface area contributed by atoms with E-state index in [-0.39, 0.29) is 24.8 Å². The zero-order valence-corrected chi connectivity index (χ0v) is 12.7. The first-order valence-corrected chi connectivity index (χ1v) is 7.80. The van der Waals surface area contributed by atoms with Crippen LogP contribution >= 0.6 is 0 Å². The third-order valence-electron chi connectivity index (χ3n) is 4.53. The molecule has 4 rings (SSSR count). The molecule has 2 fully saturated rings. The molecular weight excluding hydrogens is 300 g/mol. The van der Waals surface area contributed by atoms with Crippen LogP contribution in [0.4, 0.5) is 4.79 Å². The van der Waals surface area contributed by atoms with Crippen LogP contribution in [0.5, 0.6) is 11.5 Å². The topological polar surface area (TPSA) is 68.3 Å². The summed E-state index contributed by atoms with van der Waals surface area (Å²) in [5, 5.41) is 0. The number of hydrogen-bond acceptors (Lipinski definition) is 5. The zero-order chi connectivity index (χ0) is 15.8. The summed E-state index contributed by atoms with van der Waals surface area (Å²) in [5.41, 5.74) is 1.06. The number of benzene rings is 1. The zero-order valence-electron chi connectivity index (χ0n) is 12.7. The van der Waals surface area contributed by atoms with Gasteiger partial charge in [0.25, 0.3) is 0 Å². The van der Waals surface area contributed by atoms with Gasteiger partial charge < -0.3 is 19.1 Å². The van der Waals surface area contributed by atoms with Crippen LogP contribution < -0.4 is 9.47 Å². The van der Waals surface area contributed by atoms with Crippen LogP contribution in [0.15, 0.2) is 18.2 Å². The average molecular weight is 318 g/mol. The Labute approximate surface area is 133 Å². The van der Waals surface area contributed by atoms with Crippen LogP contribution in [0, 0.1) is 0 Å². The van der Waals surface area contributed by atoms with E-state index in [9.17, 15) is 9.59 Å². The van der Waals surface area contributed by atoms with Crippen LogP contribution in [-0.4, -0.2) is 60.9 Å². The Morgan fingerprint density at radius 3 is 2.96 bits per heavy atom. The monoisotopic (exact) mass is 318 g/mol. The van der Waals surface area contributed by atoms with Gasteiger partial charge in [-0.05, 0) is 24.1 Å². The summed E-state index contributed by atoms with van der Waals surface area (Å²) in [7, 11) is 0. The number of carbonyl (C=O) groups excluding carboxylic acids is 2. The van der Waals surface area contributed by atoms with E-state index < -0.39 is 0 Å².